The van der Waals surface area contributed by atoms with Gasteiger partial charge in [0.15, 0.2) is 0 Å². The quantitative estimate of drug-likeness (QED) is 0.593. The average Bonchev–Trinajstić information content (AvgIpc) is 2.37. The number of nitrogens with one attached hydrogen (secondary N) is 1. The second-order valence-electron chi connectivity index (χ2n) is 3.64. The summed E-state index contributed by atoms with van der Waals surface area (Å²) in [6, 6.07) is 4.08. The third-order valence-electron chi connectivity index (χ3n) is 2.16. The van der Waals surface area contributed by atoms with Crippen LogP contribution in [0.2, 0.25) is 0 Å². The molecule has 0 saturated carbocycles. The molecule has 0 saturated heterocycles. The maximum absolute atomic E-state index is 12.8. The van der Waals surface area contributed by atoms with Crippen molar-refractivity contribution >= 4 is 28.1 Å². The van der Waals surface area contributed by atoms with Crippen LogP contribution in [0, 0.1) is 10.1 Å². The van der Waals surface area contributed by atoms with E-state index in [-0.39, 0.29) is 12.4 Å². The van der Waals surface area contributed by atoms with E-state index in [1.54, 1.807) is 4.72 Å². The normalized spacial score (nSPS) is 11.8. The number of rotatable bonds is 6. The van der Waals surface area contributed by atoms with E-state index in [1.165, 1.54) is 0 Å². The summed E-state index contributed by atoms with van der Waals surface area (Å²) in [5.74, 6) is -3.38. The van der Waals surface area contributed by atoms with Crippen molar-refractivity contribution in [1.29, 1.82) is 0 Å². The lowest BCUT2D eigenvalue weighted by molar-refractivity contribution is -0.385. The molecule has 11 heteroatoms. The van der Waals surface area contributed by atoms with Gasteiger partial charge in [-0.1, -0.05) is 6.07 Å². The Morgan fingerprint density at radius 1 is 1.40 bits per heavy atom. The number of nitro benzene ring substituents is 1. The molecular formula is C9H12ClF2N3O4S. The van der Waals surface area contributed by atoms with Crippen LogP contribution >= 0.6 is 12.4 Å². The van der Waals surface area contributed by atoms with Crippen LogP contribution in [0.3, 0.4) is 0 Å². The van der Waals surface area contributed by atoms with Crippen molar-refractivity contribution in [2.75, 3.05) is 13.1 Å². The van der Waals surface area contributed by atoms with Crippen molar-refractivity contribution in [3.05, 3.63) is 34.4 Å². The molecule has 0 aliphatic rings. The van der Waals surface area contributed by atoms with E-state index in [9.17, 15) is 27.3 Å². The highest BCUT2D eigenvalue weighted by atomic mass is 35.5. The molecule has 0 bridgehead atoms. The Bertz CT molecular complexity index is 582. The molecule has 0 aliphatic heterocycles. The predicted octanol–water partition coefficient (Wildman–Crippen LogP) is 0.889. The van der Waals surface area contributed by atoms with E-state index in [0.29, 0.717) is 0 Å². The van der Waals surface area contributed by atoms with Gasteiger partial charge in [0, 0.05) is 12.1 Å². The number of non-ortho nitro benzene ring substituents is 1. The van der Waals surface area contributed by atoms with Gasteiger partial charge in [0.25, 0.3) is 11.6 Å². The number of hydrogen-bond acceptors (Lipinski definition) is 5. The number of halogens is 3. The van der Waals surface area contributed by atoms with Gasteiger partial charge in [-0.05, 0) is 6.07 Å². The Morgan fingerprint density at radius 3 is 2.50 bits per heavy atom. The fourth-order valence-electron chi connectivity index (χ4n) is 1.12. The summed E-state index contributed by atoms with van der Waals surface area (Å²) < 4.78 is 50.7. The second kappa shape index (κ2) is 6.88. The minimum absolute atomic E-state index is 0. The van der Waals surface area contributed by atoms with E-state index in [4.69, 9.17) is 5.73 Å². The monoisotopic (exact) mass is 331 g/mol. The van der Waals surface area contributed by atoms with Gasteiger partial charge in [-0.15, -0.1) is 12.4 Å². The Morgan fingerprint density at radius 2 is 2.00 bits per heavy atom. The first-order valence-corrected chi connectivity index (χ1v) is 6.48. The van der Waals surface area contributed by atoms with E-state index in [2.05, 4.69) is 0 Å². The predicted molar refractivity (Wildman–Crippen MR) is 69.5 cm³/mol. The van der Waals surface area contributed by atoms with E-state index < -0.39 is 44.5 Å². The summed E-state index contributed by atoms with van der Waals surface area (Å²) >= 11 is 0. The number of sulfonamides is 1. The Kier molecular flexibility index (Phi) is 6.41. The topological polar surface area (TPSA) is 115 Å². The maximum Gasteiger partial charge on any atom is 0.273 e. The van der Waals surface area contributed by atoms with Crippen LogP contribution in [0.4, 0.5) is 14.5 Å². The zero-order valence-corrected chi connectivity index (χ0v) is 11.6. The lowest BCUT2D eigenvalue weighted by atomic mass is 10.3. The highest BCUT2D eigenvalue weighted by Gasteiger charge is 2.29. The maximum atomic E-state index is 12.8. The van der Waals surface area contributed by atoms with Gasteiger partial charge < -0.3 is 5.73 Å². The number of nitro groups is 1. The molecule has 0 heterocycles. The zero-order valence-electron chi connectivity index (χ0n) is 9.95. The first-order valence-electron chi connectivity index (χ1n) is 5.00. The highest BCUT2D eigenvalue weighted by molar-refractivity contribution is 7.89. The smallest absolute Gasteiger partial charge is 0.273 e. The number of benzene rings is 1. The Balaban J connectivity index is 0.00000361. The molecule has 0 spiro atoms. The summed E-state index contributed by atoms with van der Waals surface area (Å²) in [5, 5.41) is 10.5. The molecule has 1 aromatic rings. The van der Waals surface area contributed by atoms with Gasteiger partial charge in [-0.2, -0.15) is 0 Å². The molecule has 7 nitrogen and oxygen atoms in total. The van der Waals surface area contributed by atoms with E-state index in [0.717, 1.165) is 24.3 Å². The number of hydrogen-bond donors (Lipinski definition) is 2. The van der Waals surface area contributed by atoms with Gasteiger partial charge >= 0.3 is 0 Å². The van der Waals surface area contributed by atoms with Crippen molar-refractivity contribution in [1.82, 2.24) is 4.72 Å². The van der Waals surface area contributed by atoms with Crippen LogP contribution in [0.15, 0.2) is 29.2 Å². The summed E-state index contributed by atoms with van der Waals surface area (Å²) in [6.07, 6.45) is 0. The van der Waals surface area contributed by atoms with E-state index in [1.807, 2.05) is 0 Å². The van der Waals surface area contributed by atoms with Crippen LogP contribution < -0.4 is 10.5 Å². The average molecular weight is 332 g/mol. The number of nitrogens with two attached hydrogens (primary N) is 1. The fraction of sp³-hybridized carbons (Fsp3) is 0.333. The lowest BCUT2D eigenvalue weighted by Crippen LogP contribution is -2.41. The van der Waals surface area contributed by atoms with Crippen molar-refractivity contribution in [3.63, 3.8) is 0 Å². The fourth-order valence-corrected chi connectivity index (χ4v) is 2.22. The minimum atomic E-state index is -4.25. The molecule has 20 heavy (non-hydrogen) atoms. The number of nitrogens with zero attached hydrogens (tertiary/aromatic N) is 1. The van der Waals surface area contributed by atoms with E-state index >= 15 is 0 Å². The largest absolute Gasteiger partial charge is 0.325 e. The molecule has 0 unspecified atom stereocenters. The van der Waals surface area contributed by atoms with Gasteiger partial charge in [-0.3, -0.25) is 10.1 Å². The Labute approximate surface area is 119 Å². The van der Waals surface area contributed by atoms with Crippen LogP contribution in [0.1, 0.15) is 0 Å². The molecule has 1 rings (SSSR count). The Hall–Kier alpha value is -1.36. The molecule has 1 aromatic carbocycles. The highest BCUT2D eigenvalue weighted by Crippen LogP contribution is 2.18. The van der Waals surface area contributed by atoms with Crippen LogP contribution in [-0.2, 0) is 10.0 Å². The molecule has 0 fully saturated rings. The third kappa shape index (κ3) is 4.96. The SMILES string of the molecule is Cl.NCC(F)(F)CNS(=O)(=O)c1cccc([N+](=O)[O-])c1. The van der Waals surface area contributed by atoms with Gasteiger partial charge in [0.1, 0.15) is 0 Å². The first-order chi connectivity index (χ1) is 8.68. The lowest BCUT2D eigenvalue weighted by Gasteiger charge is -2.14. The van der Waals surface area contributed by atoms with Gasteiger partial charge in [-0.25, -0.2) is 21.9 Å². The molecule has 3 N–H and O–H groups in total. The van der Waals surface area contributed by atoms with Gasteiger partial charge in [0.2, 0.25) is 10.0 Å². The second-order valence-corrected chi connectivity index (χ2v) is 5.41. The zero-order chi connectivity index (χ0) is 14.7. The molecular weight excluding hydrogens is 320 g/mol. The van der Waals surface area contributed by atoms with Crippen molar-refractivity contribution in [2.45, 2.75) is 10.8 Å². The van der Waals surface area contributed by atoms with Crippen LogP contribution in [-0.4, -0.2) is 32.4 Å². The standard InChI is InChI=1S/C9H11F2N3O4S.ClH/c10-9(11,5-12)6-13-19(17,18)8-3-1-2-7(4-8)14(15)16;/h1-4,13H,5-6,12H2;1H. The molecule has 0 aliphatic carbocycles. The number of alkyl halides is 2. The van der Waals surface area contributed by atoms with Crippen LogP contribution in [0.25, 0.3) is 0 Å². The summed E-state index contributed by atoms with van der Waals surface area (Å²) in [5.41, 5.74) is 4.31. The molecule has 0 aromatic heterocycles. The summed E-state index contributed by atoms with van der Waals surface area (Å²) in [4.78, 5) is 9.25. The minimum Gasteiger partial charge on any atom is -0.325 e. The van der Waals surface area contributed by atoms with Crippen molar-refractivity contribution < 1.29 is 22.1 Å². The third-order valence-corrected chi connectivity index (χ3v) is 3.56. The molecule has 0 radical (unpaired) electrons. The summed E-state index contributed by atoms with van der Waals surface area (Å²) in [6.45, 7) is -2.18. The molecule has 0 atom stereocenters. The van der Waals surface area contributed by atoms with Crippen LogP contribution in [0.5, 0.6) is 0 Å². The van der Waals surface area contributed by atoms with Crippen molar-refractivity contribution in [2.24, 2.45) is 5.73 Å². The molecule has 114 valence electrons. The summed E-state index contributed by atoms with van der Waals surface area (Å²) in [7, 11) is -4.25. The van der Waals surface area contributed by atoms with Gasteiger partial charge in [0.05, 0.1) is 22.9 Å². The van der Waals surface area contributed by atoms with Crippen molar-refractivity contribution in [3.8, 4) is 0 Å². The first kappa shape index (κ1) is 18.6. The molecule has 0 amide bonds.